The van der Waals surface area contributed by atoms with Crippen molar-refractivity contribution in [1.29, 1.82) is 0 Å². The lowest BCUT2D eigenvalue weighted by atomic mass is 9.96. The van der Waals surface area contributed by atoms with Gasteiger partial charge >= 0.3 is 0 Å². The van der Waals surface area contributed by atoms with E-state index in [1.165, 1.54) is 31.4 Å². The summed E-state index contributed by atoms with van der Waals surface area (Å²) in [4.78, 5) is 0.755. The van der Waals surface area contributed by atoms with Gasteiger partial charge in [-0.05, 0) is 50.1 Å². The molecule has 0 aliphatic heterocycles. The molecule has 0 heterocycles. The summed E-state index contributed by atoms with van der Waals surface area (Å²) in [6.07, 6.45) is 8.04. The number of rotatable bonds is 5. The van der Waals surface area contributed by atoms with Crippen molar-refractivity contribution in [3.05, 3.63) is 30.1 Å². The first-order valence-corrected chi connectivity index (χ1v) is 9.33. The molecule has 1 aliphatic rings. The molecule has 4 heteroatoms. The number of nitrogens with one attached hydrogen (secondary N) is 1. The van der Waals surface area contributed by atoms with E-state index >= 15 is 0 Å². The number of hydrogen-bond acceptors (Lipinski definition) is 2. The van der Waals surface area contributed by atoms with Crippen LogP contribution in [-0.2, 0) is 10.8 Å². The van der Waals surface area contributed by atoms with Crippen molar-refractivity contribution in [2.24, 2.45) is 0 Å². The van der Waals surface area contributed by atoms with Crippen LogP contribution in [0, 0.1) is 5.82 Å². The quantitative estimate of drug-likeness (QED) is 0.889. The molecule has 3 atom stereocenters. The zero-order chi connectivity index (χ0) is 15.1. The molecule has 118 valence electrons. The number of hydrogen-bond donors (Lipinski definition) is 1. The molecule has 1 aliphatic carbocycles. The summed E-state index contributed by atoms with van der Waals surface area (Å²) in [5.41, 5.74) is 0. The second-order valence-electron chi connectivity index (χ2n) is 5.84. The zero-order valence-electron chi connectivity index (χ0n) is 12.8. The molecular weight excluding hydrogens is 285 g/mol. The van der Waals surface area contributed by atoms with E-state index < -0.39 is 10.8 Å². The van der Waals surface area contributed by atoms with E-state index in [-0.39, 0.29) is 11.1 Å². The van der Waals surface area contributed by atoms with Gasteiger partial charge in [-0.15, -0.1) is 0 Å². The first-order valence-electron chi connectivity index (χ1n) is 8.12. The minimum absolute atomic E-state index is 0.141. The molecule has 21 heavy (non-hydrogen) atoms. The third kappa shape index (κ3) is 4.89. The van der Waals surface area contributed by atoms with E-state index in [1.807, 2.05) is 0 Å². The molecule has 1 fully saturated rings. The Morgan fingerprint density at radius 2 is 1.81 bits per heavy atom. The molecule has 0 amide bonds. The van der Waals surface area contributed by atoms with Crippen LogP contribution in [0.15, 0.2) is 29.2 Å². The monoisotopic (exact) mass is 311 g/mol. The largest absolute Gasteiger partial charge is 0.313 e. The molecule has 0 radical (unpaired) electrons. The average molecular weight is 311 g/mol. The van der Waals surface area contributed by atoms with Gasteiger partial charge in [0, 0.05) is 10.9 Å². The van der Waals surface area contributed by atoms with Crippen LogP contribution in [0.2, 0.25) is 0 Å². The second kappa shape index (κ2) is 8.64. The Labute approximate surface area is 130 Å². The maximum absolute atomic E-state index is 13.0. The van der Waals surface area contributed by atoms with Crippen LogP contribution < -0.4 is 5.32 Å². The highest BCUT2D eigenvalue weighted by Gasteiger charge is 2.28. The molecule has 1 aromatic rings. The van der Waals surface area contributed by atoms with Gasteiger partial charge in [-0.2, -0.15) is 0 Å². The summed E-state index contributed by atoms with van der Waals surface area (Å²) < 4.78 is 25.9. The molecule has 0 spiro atoms. The fraction of sp³-hybridized carbons (Fsp3) is 0.647. The lowest BCUT2D eigenvalue weighted by Gasteiger charge is -2.29. The third-order valence-corrected chi connectivity index (χ3v) is 6.03. The van der Waals surface area contributed by atoms with Gasteiger partial charge in [-0.1, -0.05) is 32.6 Å². The average Bonchev–Trinajstić information content (AvgIpc) is 2.47. The van der Waals surface area contributed by atoms with Gasteiger partial charge in [0.15, 0.2) is 0 Å². The summed E-state index contributed by atoms with van der Waals surface area (Å²) in [6, 6.07) is 6.47. The Morgan fingerprint density at radius 3 is 2.48 bits per heavy atom. The molecular formula is C17H26FNOS. The molecule has 0 bridgehead atoms. The molecule has 1 saturated carbocycles. The van der Waals surface area contributed by atoms with E-state index in [4.69, 9.17) is 0 Å². The number of benzene rings is 1. The topological polar surface area (TPSA) is 29.1 Å². The summed E-state index contributed by atoms with van der Waals surface area (Å²) in [6.45, 7) is 3.13. The van der Waals surface area contributed by atoms with E-state index in [9.17, 15) is 8.60 Å². The van der Waals surface area contributed by atoms with E-state index in [0.717, 1.165) is 37.1 Å². The zero-order valence-corrected chi connectivity index (χ0v) is 13.6. The Bertz CT molecular complexity index is 447. The van der Waals surface area contributed by atoms with Crippen molar-refractivity contribution in [3.63, 3.8) is 0 Å². The van der Waals surface area contributed by atoms with Gasteiger partial charge in [-0.3, -0.25) is 4.21 Å². The Kier molecular flexibility index (Phi) is 6.84. The molecule has 3 unspecified atom stereocenters. The lowest BCUT2D eigenvalue weighted by molar-refractivity contribution is 0.395. The Morgan fingerprint density at radius 1 is 1.14 bits per heavy atom. The van der Waals surface area contributed by atoms with Crippen molar-refractivity contribution < 1.29 is 8.60 Å². The minimum Gasteiger partial charge on any atom is -0.313 e. The van der Waals surface area contributed by atoms with Crippen molar-refractivity contribution in [1.82, 2.24) is 5.32 Å². The standard InChI is InChI=1S/C17H26FNOS/c1-2-13-19-16-7-5-3-4-6-8-17(16)21(20)15-11-9-14(18)10-12-15/h9-12,16-17,19H,2-8,13H2,1H3. The number of halogens is 1. The summed E-state index contributed by atoms with van der Waals surface area (Å²) in [5, 5.41) is 3.73. The summed E-state index contributed by atoms with van der Waals surface area (Å²) >= 11 is 0. The van der Waals surface area contributed by atoms with E-state index in [1.54, 1.807) is 12.1 Å². The summed E-state index contributed by atoms with van der Waals surface area (Å²) in [7, 11) is -1.06. The highest BCUT2D eigenvalue weighted by Crippen LogP contribution is 2.25. The van der Waals surface area contributed by atoms with E-state index in [0.29, 0.717) is 6.04 Å². The van der Waals surface area contributed by atoms with Crippen LogP contribution in [-0.4, -0.2) is 22.0 Å². The van der Waals surface area contributed by atoms with Crippen LogP contribution in [0.25, 0.3) is 0 Å². The Hall–Kier alpha value is -0.740. The lowest BCUT2D eigenvalue weighted by Crippen LogP contribution is -2.43. The van der Waals surface area contributed by atoms with Crippen LogP contribution in [0.5, 0.6) is 0 Å². The van der Waals surface area contributed by atoms with Crippen LogP contribution in [0.1, 0.15) is 51.9 Å². The van der Waals surface area contributed by atoms with Gasteiger partial charge < -0.3 is 5.32 Å². The summed E-state index contributed by atoms with van der Waals surface area (Å²) in [5.74, 6) is -0.269. The fourth-order valence-corrected chi connectivity index (χ4v) is 4.68. The van der Waals surface area contributed by atoms with Crippen LogP contribution in [0.3, 0.4) is 0 Å². The first kappa shape index (κ1) is 16.6. The van der Waals surface area contributed by atoms with Crippen LogP contribution in [0.4, 0.5) is 4.39 Å². The smallest absolute Gasteiger partial charge is 0.123 e. The predicted octanol–water partition coefficient (Wildman–Crippen LogP) is 4.02. The van der Waals surface area contributed by atoms with Crippen molar-refractivity contribution in [2.75, 3.05) is 6.54 Å². The van der Waals surface area contributed by atoms with Gasteiger partial charge in [0.2, 0.25) is 0 Å². The third-order valence-electron chi connectivity index (χ3n) is 4.18. The maximum Gasteiger partial charge on any atom is 0.123 e. The van der Waals surface area contributed by atoms with Gasteiger partial charge in [0.25, 0.3) is 0 Å². The second-order valence-corrected chi connectivity index (χ2v) is 7.51. The molecule has 2 rings (SSSR count). The van der Waals surface area contributed by atoms with Crippen molar-refractivity contribution in [2.45, 2.75) is 68.1 Å². The fourth-order valence-electron chi connectivity index (χ4n) is 3.01. The normalized spacial score (nSPS) is 25.0. The molecule has 2 nitrogen and oxygen atoms in total. The molecule has 1 aromatic carbocycles. The highest BCUT2D eigenvalue weighted by atomic mass is 32.2. The van der Waals surface area contributed by atoms with E-state index in [2.05, 4.69) is 12.2 Å². The van der Waals surface area contributed by atoms with Gasteiger partial charge in [0.05, 0.1) is 16.0 Å². The van der Waals surface area contributed by atoms with Gasteiger partial charge in [0.1, 0.15) is 5.82 Å². The maximum atomic E-state index is 13.0. The minimum atomic E-state index is -1.06. The first-order chi connectivity index (χ1) is 10.2. The molecule has 0 saturated heterocycles. The van der Waals surface area contributed by atoms with Gasteiger partial charge in [-0.25, -0.2) is 4.39 Å². The highest BCUT2D eigenvalue weighted by molar-refractivity contribution is 7.85. The van der Waals surface area contributed by atoms with Crippen molar-refractivity contribution in [3.8, 4) is 0 Å². The molecule has 0 aromatic heterocycles. The Balaban J connectivity index is 2.13. The molecule has 1 N–H and O–H groups in total. The SMILES string of the molecule is CCCNC1CCCCCCC1S(=O)c1ccc(F)cc1. The predicted molar refractivity (Wildman–Crippen MR) is 86.4 cm³/mol. The van der Waals surface area contributed by atoms with Crippen molar-refractivity contribution >= 4 is 10.8 Å². The van der Waals surface area contributed by atoms with Crippen LogP contribution >= 0.6 is 0 Å².